The van der Waals surface area contributed by atoms with Gasteiger partial charge in [0, 0.05) is 19.2 Å². The zero-order valence-electron chi connectivity index (χ0n) is 9.47. The van der Waals surface area contributed by atoms with Crippen molar-refractivity contribution in [2.24, 2.45) is 0 Å². The van der Waals surface area contributed by atoms with E-state index in [1.54, 1.807) is 0 Å². The third kappa shape index (κ3) is 5.05. The average molecular weight is 284 g/mol. The largest absolute Gasteiger partial charge is 0.433 e. The number of rotatable bonds is 6. The van der Waals surface area contributed by atoms with Gasteiger partial charge >= 0.3 is 6.18 Å². The zero-order chi connectivity index (χ0) is 13.6. The SMILES string of the molecule is OCCCCCNc1cc(C(F)(F)F)nc(Cl)n1. The van der Waals surface area contributed by atoms with Crippen molar-refractivity contribution in [3.05, 3.63) is 17.0 Å². The lowest BCUT2D eigenvalue weighted by molar-refractivity contribution is -0.141. The molecule has 1 aromatic heterocycles. The Morgan fingerprint density at radius 1 is 1.22 bits per heavy atom. The standard InChI is InChI=1S/C10H13ClF3N3O/c11-9-16-7(10(12,13)14)6-8(17-9)15-4-2-1-3-5-18/h6,18H,1-5H2,(H,15,16,17). The summed E-state index contributed by atoms with van der Waals surface area (Å²) in [4.78, 5) is 6.78. The lowest BCUT2D eigenvalue weighted by Gasteiger charge is -2.09. The lowest BCUT2D eigenvalue weighted by Crippen LogP contribution is -2.11. The van der Waals surface area contributed by atoms with Crippen LogP contribution in [-0.4, -0.2) is 28.2 Å². The van der Waals surface area contributed by atoms with E-state index in [0.29, 0.717) is 13.0 Å². The molecule has 18 heavy (non-hydrogen) atoms. The molecular formula is C10H13ClF3N3O. The Labute approximate surface area is 107 Å². The van der Waals surface area contributed by atoms with Gasteiger partial charge in [-0.1, -0.05) is 0 Å². The van der Waals surface area contributed by atoms with Crippen LogP contribution in [-0.2, 0) is 6.18 Å². The molecule has 0 fully saturated rings. The second-order valence-electron chi connectivity index (χ2n) is 3.62. The van der Waals surface area contributed by atoms with Crippen LogP contribution in [0.4, 0.5) is 19.0 Å². The first-order valence-corrected chi connectivity index (χ1v) is 5.78. The number of aliphatic hydroxyl groups excluding tert-OH is 1. The van der Waals surface area contributed by atoms with Crippen LogP contribution in [0.1, 0.15) is 25.0 Å². The quantitative estimate of drug-likeness (QED) is 0.622. The molecule has 0 saturated heterocycles. The van der Waals surface area contributed by atoms with Gasteiger partial charge in [-0.25, -0.2) is 9.97 Å². The normalized spacial score (nSPS) is 11.6. The summed E-state index contributed by atoms with van der Waals surface area (Å²) in [6.45, 7) is 0.572. The van der Waals surface area contributed by atoms with Crippen LogP contribution in [0.5, 0.6) is 0 Å². The topological polar surface area (TPSA) is 58.0 Å². The van der Waals surface area contributed by atoms with E-state index in [9.17, 15) is 13.2 Å². The lowest BCUT2D eigenvalue weighted by atomic mass is 10.2. The maximum atomic E-state index is 12.4. The van der Waals surface area contributed by atoms with Crippen molar-refractivity contribution < 1.29 is 18.3 Å². The molecule has 0 aromatic carbocycles. The van der Waals surface area contributed by atoms with E-state index in [4.69, 9.17) is 16.7 Å². The third-order valence-electron chi connectivity index (χ3n) is 2.13. The molecule has 0 aliphatic carbocycles. The number of aromatic nitrogens is 2. The summed E-state index contributed by atoms with van der Waals surface area (Å²) in [6.07, 6.45) is -2.36. The van der Waals surface area contributed by atoms with Crippen molar-refractivity contribution in [1.29, 1.82) is 0 Å². The van der Waals surface area contributed by atoms with Crippen LogP contribution < -0.4 is 5.32 Å². The van der Waals surface area contributed by atoms with Gasteiger partial charge in [-0.05, 0) is 30.9 Å². The minimum Gasteiger partial charge on any atom is -0.396 e. The van der Waals surface area contributed by atoms with Gasteiger partial charge in [0.2, 0.25) is 5.28 Å². The molecule has 0 unspecified atom stereocenters. The highest BCUT2D eigenvalue weighted by molar-refractivity contribution is 6.28. The number of nitrogens with one attached hydrogen (secondary N) is 1. The minimum absolute atomic E-state index is 0.0475. The highest BCUT2D eigenvalue weighted by Crippen LogP contribution is 2.29. The number of nitrogens with zero attached hydrogens (tertiary/aromatic N) is 2. The molecule has 0 bridgehead atoms. The molecule has 0 amide bonds. The van der Waals surface area contributed by atoms with Gasteiger partial charge in [0.25, 0.3) is 0 Å². The van der Waals surface area contributed by atoms with E-state index >= 15 is 0 Å². The number of halogens is 4. The van der Waals surface area contributed by atoms with Crippen molar-refractivity contribution in [3.63, 3.8) is 0 Å². The average Bonchev–Trinajstić information content (AvgIpc) is 2.27. The van der Waals surface area contributed by atoms with Crippen LogP contribution >= 0.6 is 11.6 Å². The Hall–Kier alpha value is -1.08. The number of unbranched alkanes of at least 4 members (excludes halogenated alkanes) is 2. The molecule has 0 saturated carbocycles. The highest BCUT2D eigenvalue weighted by atomic mass is 35.5. The van der Waals surface area contributed by atoms with Crippen molar-refractivity contribution in [3.8, 4) is 0 Å². The smallest absolute Gasteiger partial charge is 0.396 e. The molecule has 8 heteroatoms. The Morgan fingerprint density at radius 3 is 2.56 bits per heavy atom. The van der Waals surface area contributed by atoms with E-state index in [1.807, 2.05) is 0 Å². The maximum absolute atomic E-state index is 12.4. The van der Waals surface area contributed by atoms with Crippen LogP contribution in [0.3, 0.4) is 0 Å². The molecule has 0 radical (unpaired) electrons. The first-order chi connectivity index (χ1) is 8.43. The molecule has 1 rings (SSSR count). The van der Waals surface area contributed by atoms with Gasteiger partial charge in [0.15, 0.2) is 5.69 Å². The second kappa shape index (κ2) is 6.75. The van der Waals surface area contributed by atoms with Crippen LogP contribution in [0.15, 0.2) is 6.07 Å². The van der Waals surface area contributed by atoms with Crippen molar-refractivity contribution in [2.75, 3.05) is 18.5 Å². The third-order valence-corrected chi connectivity index (χ3v) is 2.30. The molecular weight excluding hydrogens is 271 g/mol. The fraction of sp³-hybridized carbons (Fsp3) is 0.600. The summed E-state index contributed by atoms with van der Waals surface area (Å²) in [5.74, 6) is 0.0475. The monoisotopic (exact) mass is 283 g/mol. The highest BCUT2D eigenvalue weighted by Gasteiger charge is 2.33. The van der Waals surface area contributed by atoms with Gasteiger partial charge in [0.1, 0.15) is 5.82 Å². The first-order valence-electron chi connectivity index (χ1n) is 5.40. The molecule has 102 valence electrons. The van der Waals surface area contributed by atoms with Crippen LogP contribution in [0, 0.1) is 0 Å². The summed E-state index contributed by atoms with van der Waals surface area (Å²) in [5, 5.41) is 10.9. The van der Waals surface area contributed by atoms with E-state index in [1.165, 1.54) is 0 Å². The Kier molecular flexibility index (Phi) is 5.61. The van der Waals surface area contributed by atoms with Gasteiger partial charge in [-0.15, -0.1) is 0 Å². The van der Waals surface area contributed by atoms with Gasteiger partial charge in [-0.3, -0.25) is 0 Å². The summed E-state index contributed by atoms with van der Waals surface area (Å²) < 4.78 is 37.3. The summed E-state index contributed by atoms with van der Waals surface area (Å²) in [7, 11) is 0. The van der Waals surface area contributed by atoms with Crippen molar-refractivity contribution in [2.45, 2.75) is 25.4 Å². The number of aliphatic hydroxyl groups is 1. The molecule has 0 atom stereocenters. The number of anilines is 1. The Balaban J connectivity index is 2.58. The van der Waals surface area contributed by atoms with Gasteiger partial charge in [-0.2, -0.15) is 13.2 Å². The molecule has 0 aliphatic rings. The molecule has 4 nitrogen and oxygen atoms in total. The number of alkyl halides is 3. The molecule has 1 aromatic rings. The predicted octanol–water partition coefficient (Wildman–Crippen LogP) is 2.72. The Bertz CT molecular complexity index is 387. The summed E-state index contributed by atoms with van der Waals surface area (Å²) >= 11 is 5.42. The van der Waals surface area contributed by atoms with E-state index in [-0.39, 0.29) is 12.4 Å². The fourth-order valence-electron chi connectivity index (χ4n) is 1.28. The van der Waals surface area contributed by atoms with Crippen molar-refractivity contribution in [1.82, 2.24) is 9.97 Å². The molecule has 1 heterocycles. The van der Waals surface area contributed by atoms with Gasteiger partial charge in [0.05, 0.1) is 0 Å². The fourth-order valence-corrected chi connectivity index (χ4v) is 1.47. The zero-order valence-corrected chi connectivity index (χ0v) is 10.2. The first kappa shape index (κ1) is 15.0. The molecule has 2 N–H and O–H groups in total. The van der Waals surface area contributed by atoms with E-state index < -0.39 is 17.2 Å². The number of hydrogen-bond donors (Lipinski definition) is 2. The summed E-state index contributed by atoms with van der Waals surface area (Å²) in [6, 6.07) is 0.817. The van der Waals surface area contributed by atoms with E-state index in [0.717, 1.165) is 18.9 Å². The maximum Gasteiger partial charge on any atom is 0.433 e. The summed E-state index contributed by atoms with van der Waals surface area (Å²) in [5.41, 5.74) is -1.07. The second-order valence-corrected chi connectivity index (χ2v) is 3.95. The Morgan fingerprint density at radius 2 is 1.94 bits per heavy atom. The minimum atomic E-state index is -4.54. The van der Waals surface area contributed by atoms with Gasteiger partial charge < -0.3 is 10.4 Å². The van der Waals surface area contributed by atoms with E-state index in [2.05, 4.69) is 15.3 Å². The van der Waals surface area contributed by atoms with Crippen LogP contribution in [0.2, 0.25) is 5.28 Å². The molecule has 0 aliphatic heterocycles. The van der Waals surface area contributed by atoms with Crippen molar-refractivity contribution >= 4 is 17.4 Å². The number of hydrogen-bond acceptors (Lipinski definition) is 4. The van der Waals surface area contributed by atoms with Crippen LogP contribution in [0.25, 0.3) is 0 Å². The molecule has 0 spiro atoms. The predicted molar refractivity (Wildman–Crippen MR) is 61.5 cm³/mol.